The summed E-state index contributed by atoms with van der Waals surface area (Å²) in [6, 6.07) is 3.59. The molecule has 0 bridgehead atoms. The van der Waals surface area contributed by atoms with Crippen LogP contribution in [0.3, 0.4) is 0 Å². The van der Waals surface area contributed by atoms with E-state index in [4.69, 9.17) is 4.42 Å². The Morgan fingerprint density at radius 3 is 2.75 bits per heavy atom. The van der Waals surface area contributed by atoms with Crippen molar-refractivity contribution in [3.8, 4) is 0 Å². The van der Waals surface area contributed by atoms with Crippen LogP contribution in [0.5, 0.6) is 0 Å². The highest BCUT2D eigenvalue weighted by Gasteiger charge is 2.37. The van der Waals surface area contributed by atoms with Crippen molar-refractivity contribution in [1.82, 2.24) is 9.80 Å². The van der Waals surface area contributed by atoms with Crippen molar-refractivity contribution >= 4 is 11.9 Å². The minimum atomic E-state index is -0.131. The van der Waals surface area contributed by atoms with Gasteiger partial charge in [0.05, 0.1) is 6.26 Å². The molecule has 2 aliphatic rings. The van der Waals surface area contributed by atoms with Gasteiger partial charge in [-0.3, -0.25) is 9.69 Å². The maximum Gasteiger partial charge on any atom is 0.327 e. The van der Waals surface area contributed by atoms with E-state index < -0.39 is 0 Å². The molecule has 0 unspecified atom stereocenters. The molecular formula is C15H20N2O3. The smallest absolute Gasteiger partial charge is 0.327 e. The van der Waals surface area contributed by atoms with E-state index >= 15 is 0 Å². The maximum absolute atomic E-state index is 12.3. The van der Waals surface area contributed by atoms with Crippen LogP contribution in [-0.4, -0.2) is 41.4 Å². The normalized spacial score (nSPS) is 20.4. The summed E-state index contributed by atoms with van der Waals surface area (Å²) in [6.45, 7) is 1.36. The summed E-state index contributed by atoms with van der Waals surface area (Å²) in [4.78, 5) is 27.3. The molecule has 1 saturated heterocycles. The fourth-order valence-corrected chi connectivity index (χ4v) is 3.10. The molecule has 3 rings (SSSR count). The molecular weight excluding hydrogens is 256 g/mol. The first-order valence-corrected chi connectivity index (χ1v) is 7.35. The molecule has 5 heteroatoms. The number of carbonyl (C=O) groups is 2. The Morgan fingerprint density at radius 2 is 2.05 bits per heavy atom. The lowest BCUT2D eigenvalue weighted by Gasteiger charge is -2.19. The summed E-state index contributed by atoms with van der Waals surface area (Å²) in [7, 11) is 0. The zero-order valence-electron chi connectivity index (χ0n) is 11.6. The SMILES string of the molecule is O=C1CN(CCc2ccco2)C(=O)N1CC1CCCC1. The van der Waals surface area contributed by atoms with Gasteiger partial charge in [-0.1, -0.05) is 12.8 Å². The van der Waals surface area contributed by atoms with Crippen LogP contribution in [0, 0.1) is 5.92 Å². The zero-order valence-corrected chi connectivity index (χ0v) is 11.6. The molecule has 1 aliphatic carbocycles. The number of nitrogens with zero attached hydrogens (tertiary/aromatic N) is 2. The Kier molecular flexibility index (Phi) is 3.76. The third-order valence-corrected chi connectivity index (χ3v) is 4.25. The molecule has 1 aromatic heterocycles. The molecule has 108 valence electrons. The highest BCUT2D eigenvalue weighted by Crippen LogP contribution is 2.27. The molecule has 0 atom stereocenters. The van der Waals surface area contributed by atoms with Gasteiger partial charge in [-0.2, -0.15) is 0 Å². The Labute approximate surface area is 118 Å². The molecule has 1 aliphatic heterocycles. The second-order valence-electron chi connectivity index (χ2n) is 5.69. The molecule has 2 heterocycles. The summed E-state index contributed by atoms with van der Waals surface area (Å²) in [5.41, 5.74) is 0. The number of amides is 3. The summed E-state index contributed by atoms with van der Waals surface area (Å²) in [5, 5.41) is 0. The minimum Gasteiger partial charge on any atom is -0.469 e. The fourth-order valence-electron chi connectivity index (χ4n) is 3.10. The average Bonchev–Trinajstić information content (AvgIpc) is 3.15. The second kappa shape index (κ2) is 5.69. The van der Waals surface area contributed by atoms with Crippen molar-refractivity contribution in [2.24, 2.45) is 5.92 Å². The molecule has 1 aromatic rings. The van der Waals surface area contributed by atoms with Gasteiger partial charge in [-0.25, -0.2) is 4.79 Å². The lowest BCUT2D eigenvalue weighted by Crippen LogP contribution is -2.36. The van der Waals surface area contributed by atoms with Crippen LogP contribution >= 0.6 is 0 Å². The van der Waals surface area contributed by atoms with Crippen molar-refractivity contribution < 1.29 is 14.0 Å². The second-order valence-corrected chi connectivity index (χ2v) is 5.69. The number of furan rings is 1. The van der Waals surface area contributed by atoms with Gasteiger partial charge in [-0.05, 0) is 30.9 Å². The first-order chi connectivity index (χ1) is 9.74. The standard InChI is InChI=1S/C15H20N2O3/c18-14-11-16(8-7-13-6-3-9-20-13)15(19)17(14)10-12-4-1-2-5-12/h3,6,9,12H,1-2,4-5,7-8,10-11H2. The van der Waals surface area contributed by atoms with Crippen molar-refractivity contribution in [2.45, 2.75) is 32.1 Å². The van der Waals surface area contributed by atoms with Gasteiger partial charge in [0, 0.05) is 19.5 Å². The van der Waals surface area contributed by atoms with E-state index in [2.05, 4.69) is 0 Å². The van der Waals surface area contributed by atoms with Gasteiger partial charge in [-0.15, -0.1) is 0 Å². The molecule has 1 saturated carbocycles. The van der Waals surface area contributed by atoms with Crippen LogP contribution in [0.15, 0.2) is 22.8 Å². The monoisotopic (exact) mass is 276 g/mol. The summed E-state index contributed by atoms with van der Waals surface area (Å²) in [6.07, 6.45) is 7.01. The van der Waals surface area contributed by atoms with Crippen molar-refractivity contribution in [3.63, 3.8) is 0 Å². The average molecular weight is 276 g/mol. The molecule has 20 heavy (non-hydrogen) atoms. The quantitative estimate of drug-likeness (QED) is 0.775. The Balaban J connectivity index is 1.55. The molecule has 0 radical (unpaired) electrons. The molecule has 2 fully saturated rings. The van der Waals surface area contributed by atoms with Crippen LogP contribution in [0.25, 0.3) is 0 Å². The molecule has 0 aromatic carbocycles. The summed E-state index contributed by atoms with van der Waals surface area (Å²) < 4.78 is 5.25. The third kappa shape index (κ3) is 2.71. The highest BCUT2D eigenvalue weighted by atomic mass is 16.3. The first-order valence-electron chi connectivity index (χ1n) is 7.35. The fraction of sp³-hybridized carbons (Fsp3) is 0.600. The topological polar surface area (TPSA) is 53.8 Å². The number of carbonyl (C=O) groups excluding carboxylic acids is 2. The molecule has 3 amide bonds. The van der Waals surface area contributed by atoms with Gasteiger partial charge >= 0.3 is 6.03 Å². The number of hydrogen-bond donors (Lipinski definition) is 0. The number of imide groups is 1. The van der Waals surface area contributed by atoms with E-state index in [-0.39, 0.29) is 18.5 Å². The van der Waals surface area contributed by atoms with Crippen LogP contribution in [0.4, 0.5) is 4.79 Å². The lowest BCUT2D eigenvalue weighted by atomic mass is 10.1. The largest absolute Gasteiger partial charge is 0.469 e. The molecule has 5 nitrogen and oxygen atoms in total. The van der Waals surface area contributed by atoms with Crippen LogP contribution in [-0.2, 0) is 11.2 Å². The third-order valence-electron chi connectivity index (χ3n) is 4.25. The van der Waals surface area contributed by atoms with Crippen LogP contribution in [0.2, 0.25) is 0 Å². The summed E-state index contributed by atoms with van der Waals surface area (Å²) >= 11 is 0. The molecule has 0 spiro atoms. The van der Waals surface area contributed by atoms with Crippen LogP contribution in [0.1, 0.15) is 31.4 Å². The van der Waals surface area contributed by atoms with Crippen molar-refractivity contribution in [2.75, 3.05) is 19.6 Å². The maximum atomic E-state index is 12.3. The predicted molar refractivity (Wildman–Crippen MR) is 73.1 cm³/mol. The van der Waals surface area contributed by atoms with E-state index in [0.717, 1.165) is 18.6 Å². The Hall–Kier alpha value is -1.78. The Morgan fingerprint density at radius 1 is 1.25 bits per heavy atom. The van der Waals surface area contributed by atoms with E-state index in [1.807, 2.05) is 12.1 Å². The zero-order chi connectivity index (χ0) is 13.9. The predicted octanol–water partition coefficient (Wildman–Crippen LogP) is 2.28. The van der Waals surface area contributed by atoms with Gasteiger partial charge in [0.15, 0.2) is 0 Å². The number of urea groups is 1. The van der Waals surface area contributed by atoms with Crippen molar-refractivity contribution in [3.05, 3.63) is 24.2 Å². The van der Waals surface area contributed by atoms with E-state index in [0.29, 0.717) is 25.4 Å². The van der Waals surface area contributed by atoms with E-state index in [1.54, 1.807) is 11.2 Å². The highest BCUT2D eigenvalue weighted by molar-refractivity contribution is 6.02. The first kappa shape index (κ1) is 13.2. The van der Waals surface area contributed by atoms with Crippen LogP contribution < -0.4 is 0 Å². The van der Waals surface area contributed by atoms with Gasteiger partial charge in [0.2, 0.25) is 5.91 Å². The number of hydrogen-bond acceptors (Lipinski definition) is 3. The number of rotatable bonds is 5. The van der Waals surface area contributed by atoms with Gasteiger partial charge < -0.3 is 9.32 Å². The van der Waals surface area contributed by atoms with Gasteiger partial charge in [0.25, 0.3) is 0 Å². The van der Waals surface area contributed by atoms with E-state index in [1.165, 1.54) is 17.7 Å². The lowest BCUT2D eigenvalue weighted by molar-refractivity contribution is -0.125. The van der Waals surface area contributed by atoms with Gasteiger partial charge in [0.1, 0.15) is 12.3 Å². The van der Waals surface area contributed by atoms with Crippen molar-refractivity contribution in [1.29, 1.82) is 0 Å². The minimum absolute atomic E-state index is 0.0543. The molecule has 0 N–H and O–H groups in total. The Bertz CT molecular complexity index is 477. The summed E-state index contributed by atoms with van der Waals surface area (Å²) in [5.74, 6) is 1.30. The van der Waals surface area contributed by atoms with E-state index in [9.17, 15) is 9.59 Å².